The minimum Gasteiger partial charge on any atom is -0.369 e. The summed E-state index contributed by atoms with van der Waals surface area (Å²) < 4.78 is 0. The maximum absolute atomic E-state index is 11.9. The van der Waals surface area contributed by atoms with Crippen LogP contribution in [0.4, 0.5) is 4.79 Å². The van der Waals surface area contributed by atoms with Crippen molar-refractivity contribution in [3.05, 3.63) is 30.1 Å². The molecular weight excluding hydrogens is 306 g/mol. The zero-order valence-corrected chi connectivity index (χ0v) is 14.2. The summed E-state index contributed by atoms with van der Waals surface area (Å²) in [5.41, 5.74) is 6.17. The molecule has 0 radical (unpaired) electrons. The second kappa shape index (κ2) is 9.22. The molecule has 1 unspecified atom stereocenters. The van der Waals surface area contributed by atoms with Gasteiger partial charge in [-0.1, -0.05) is 6.07 Å². The fraction of sp³-hybridized carbons (Fsp3) is 0.588. The third-order valence-electron chi connectivity index (χ3n) is 4.41. The lowest BCUT2D eigenvalue weighted by Crippen LogP contribution is -2.41. The first kappa shape index (κ1) is 18.2. The van der Waals surface area contributed by atoms with Crippen molar-refractivity contribution in [1.82, 2.24) is 20.5 Å². The number of nitrogens with one attached hydrogen (secondary N) is 2. The number of hydrogen-bond acceptors (Lipinski definition) is 4. The van der Waals surface area contributed by atoms with Crippen molar-refractivity contribution in [2.24, 2.45) is 11.7 Å². The van der Waals surface area contributed by atoms with Crippen molar-refractivity contribution >= 4 is 11.9 Å². The second-order valence-electron chi connectivity index (χ2n) is 6.25. The van der Waals surface area contributed by atoms with Gasteiger partial charge in [-0.2, -0.15) is 0 Å². The summed E-state index contributed by atoms with van der Waals surface area (Å²) in [5, 5.41) is 5.75. The largest absolute Gasteiger partial charge is 0.369 e. The molecular formula is C17H27N5O2. The van der Waals surface area contributed by atoms with Gasteiger partial charge >= 0.3 is 6.03 Å². The SMILES string of the molecule is CC(NC(=O)NCCCN1CCC(C(N)=O)CC1)c1ccccn1. The monoisotopic (exact) mass is 333 g/mol. The molecule has 0 aliphatic carbocycles. The number of carbonyl (C=O) groups excluding carboxylic acids is 2. The summed E-state index contributed by atoms with van der Waals surface area (Å²) in [6.45, 7) is 5.25. The molecule has 24 heavy (non-hydrogen) atoms. The van der Waals surface area contributed by atoms with Crippen LogP contribution in [-0.2, 0) is 4.79 Å². The van der Waals surface area contributed by atoms with Gasteiger partial charge in [0, 0.05) is 18.7 Å². The molecule has 132 valence electrons. The molecule has 0 saturated carbocycles. The average Bonchev–Trinajstić information content (AvgIpc) is 2.60. The van der Waals surface area contributed by atoms with Crippen molar-refractivity contribution < 1.29 is 9.59 Å². The van der Waals surface area contributed by atoms with Crippen LogP contribution in [0.15, 0.2) is 24.4 Å². The molecule has 1 aliphatic rings. The predicted octanol–water partition coefficient (Wildman–Crippen LogP) is 1.03. The fourth-order valence-corrected chi connectivity index (χ4v) is 2.90. The fourth-order valence-electron chi connectivity index (χ4n) is 2.90. The van der Waals surface area contributed by atoms with Gasteiger partial charge in [0.2, 0.25) is 5.91 Å². The number of pyridine rings is 1. The maximum Gasteiger partial charge on any atom is 0.315 e. The highest BCUT2D eigenvalue weighted by Gasteiger charge is 2.22. The molecule has 0 spiro atoms. The normalized spacial score (nSPS) is 17.2. The van der Waals surface area contributed by atoms with E-state index in [2.05, 4.69) is 20.5 Å². The van der Waals surface area contributed by atoms with Crippen molar-refractivity contribution in [2.75, 3.05) is 26.2 Å². The number of nitrogens with zero attached hydrogens (tertiary/aromatic N) is 2. The Labute approximate surface area is 143 Å². The highest BCUT2D eigenvalue weighted by atomic mass is 16.2. The number of rotatable bonds is 7. The maximum atomic E-state index is 11.9. The van der Waals surface area contributed by atoms with E-state index >= 15 is 0 Å². The van der Waals surface area contributed by atoms with E-state index in [0.29, 0.717) is 6.54 Å². The molecule has 0 aromatic carbocycles. The first-order valence-corrected chi connectivity index (χ1v) is 8.53. The summed E-state index contributed by atoms with van der Waals surface area (Å²) in [6, 6.07) is 5.34. The topological polar surface area (TPSA) is 100 Å². The molecule has 3 amide bonds. The highest BCUT2D eigenvalue weighted by molar-refractivity contribution is 5.76. The molecule has 0 bridgehead atoms. The number of carbonyl (C=O) groups is 2. The lowest BCUT2D eigenvalue weighted by molar-refractivity contribution is -0.123. The number of nitrogens with two attached hydrogens (primary N) is 1. The van der Waals surface area contributed by atoms with Crippen LogP contribution >= 0.6 is 0 Å². The Bertz CT molecular complexity index is 529. The number of likely N-dealkylation sites (tertiary alicyclic amines) is 1. The Kier molecular flexibility index (Phi) is 6.99. The number of urea groups is 1. The van der Waals surface area contributed by atoms with E-state index < -0.39 is 0 Å². The zero-order chi connectivity index (χ0) is 17.4. The lowest BCUT2D eigenvalue weighted by Gasteiger charge is -2.30. The van der Waals surface area contributed by atoms with Crippen molar-refractivity contribution in [1.29, 1.82) is 0 Å². The molecule has 7 heteroatoms. The molecule has 7 nitrogen and oxygen atoms in total. The van der Waals surface area contributed by atoms with E-state index in [9.17, 15) is 9.59 Å². The number of primary amides is 1. The van der Waals surface area contributed by atoms with Gasteiger partial charge in [-0.05, 0) is 58.0 Å². The van der Waals surface area contributed by atoms with Crippen LogP contribution in [0.1, 0.15) is 37.9 Å². The molecule has 2 heterocycles. The lowest BCUT2D eigenvalue weighted by atomic mass is 9.96. The summed E-state index contributed by atoms with van der Waals surface area (Å²) in [5.74, 6) is -0.159. The van der Waals surface area contributed by atoms with Crippen molar-refractivity contribution in [3.63, 3.8) is 0 Å². The molecule has 1 saturated heterocycles. The van der Waals surface area contributed by atoms with E-state index in [0.717, 1.165) is 44.6 Å². The minimum atomic E-state index is -0.185. The Balaban J connectivity index is 1.57. The van der Waals surface area contributed by atoms with Gasteiger partial charge < -0.3 is 21.3 Å². The van der Waals surface area contributed by atoms with Crippen molar-refractivity contribution in [3.8, 4) is 0 Å². The van der Waals surface area contributed by atoms with Crippen molar-refractivity contribution in [2.45, 2.75) is 32.2 Å². The van der Waals surface area contributed by atoms with Gasteiger partial charge in [0.25, 0.3) is 0 Å². The second-order valence-corrected chi connectivity index (χ2v) is 6.25. The highest BCUT2D eigenvalue weighted by Crippen LogP contribution is 2.16. The van der Waals surface area contributed by atoms with Crippen LogP contribution in [0, 0.1) is 5.92 Å². The Morgan fingerprint density at radius 1 is 1.38 bits per heavy atom. The van der Waals surface area contributed by atoms with Gasteiger partial charge in [-0.15, -0.1) is 0 Å². The van der Waals surface area contributed by atoms with Crippen LogP contribution in [0.25, 0.3) is 0 Å². The Morgan fingerprint density at radius 3 is 2.75 bits per heavy atom. The smallest absolute Gasteiger partial charge is 0.315 e. The van der Waals surface area contributed by atoms with E-state index in [1.54, 1.807) is 6.20 Å². The summed E-state index contributed by atoms with van der Waals surface area (Å²) in [4.78, 5) is 29.6. The predicted molar refractivity (Wildman–Crippen MR) is 92.2 cm³/mol. The van der Waals surface area contributed by atoms with Crippen LogP contribution in [0.3, 0.4) is 0 Å². The van der Waals surface area contributed by atoms with Gasteiger partial charge in [0.1, 0.15) is 0 Å². The van der Waals surface area contributed by atoms with Gasteiger partial charge in [0.15, 0.2) is 0 Å². The van der Waals surface area contributed by atoms with E-state index in [1.165, 1.54) is 0 Å². The van der Waals surface area contributed by atoms with Crippen LogP contribution in [0.2, 0.25) is 0 Å². The molecule has 1 aliphatic heterocycles. The first-order chi connectivity index (χ1) is 11.6. The first-order valence-electron chi connectivity index (χ1n) is 8.53. The molecule has 1 atom stereocenters. The third kappa shape index (κ3) is 5.81. The molecule has 1 aromatic rings. The van der Waals surface area contributed by atoms with Gasteiger partial charge in [0.05, 0.1) is 11.7 Å². The number of hydrogen-bond donors (Lipinski definition) is 3. The number of piperidine rings is 1. The van der Waals surface area contributed by atoms with Crippen LogP contribution in [0.5, 0.6) is 0 Å². The van der Waals surface area contributed by atoms with E-state index in [1.807, 2.05) is 25.1 Å². The molecule has 1 fully saturated rings. The molecule has 4 N–H and O–H groups in total. The van der Waals surface area contributed by atoms with E-state index in [-0.39, 0.29) is 23.9 Å². The summed E-state index contributed by atoms with van der Waals surface area (Å²) in [7, 11) is 0. The van der Waals surface area contributed by atoms with Gasteiger partial charge in [-0.25, -0.2) is 4.79 Å². The molecule has 1 aromatic heterocycles. The summed E-state index contributed by atoms with van der Waals surface area (Å²) >= 11 is 0. The van der Waals surface area contributed by atoms with E-state index in [4.69, 9.17) is 5.73 Å². The Morgan fingerprint density at radius 2 is 2.12 bits per heavy atom. The zero-order valence-electron chi connectivity index (χ0n) is 14.2. The minimum absolute atomic E-state index is 0.0261. The van der Waals surface area contributed by atoms with Crippen LogP contribution in [-0.4, -0.2) is 48.0 Å². The third-order valence-corrected chi connectivity index (χ3v) is 4.41. The Hall–Kier alpha value is -2.15. The summed E-state index contributed by atoms with van der Waals surface area (Å²) in [6.07, 6.45) is 4.27. The molecule has 2 rings (SSSR count). The average molecular weight is 333 g/mol. The number of aromatic nitrogens is 1. The van der Waals surface area contributed by atoms with Gasteiger partial charge in [-0.3, -0.25) is 9.78 Å². The standard InChI is InChI=1S/C17H27N5O2/c1-13(15-5-2-3-8-19-15)21-17(24)20-9-4-10-22-11-6-14(7-12-22)16(18)23/h2-3,5,8,13-14H,4,6-7,9-12H2,1H3,(H2,18,23)(H2,20,21,24). The quantitative estimate of drug-likeness (QED) is 0.649. The van der Waals surface area contributed by atoms with Crippen LogP contribution < -0.4 is 16.4 Å². The number of amides is 3.